The van der Waals surface area contributed by atoms with Gasteiger partial charge in [0.2, 0.25) is 5.91 Å². The number of benzene rings is 2. The molecule has 174 valence electrons. The van der Waals surface area contributed by atoms with Crippen LogP contribution in [0.2, 0.25) is 0 Å². The predicted octanol–water partition coefficient (Wildman–Crippen LogP) is 4.45. The van der Waals surface area contributed by atoms with Gasteiger partial charge in [-0.15, -0.1) is 0 Å². The molecule has 2 heterocycles. The average molecular weight is 522 g/mol. The lowest BCUT2D eigenvalue weighted by Crippen LogP contribution is -2.36. The molecule has 4 rings (SSSR count). The Morgan fingerprint density at radius 2 is 2.12 bits per heavy atom. The summed E-state index contributed by atoms with van der Waals surface area (Å²) < 4.78 is 11.8. The van der Waals surface area contributed by atoms with E-state index in [0.29, 0.717) is 53.3 Å². The molecule has 0 saturated carbocycles. The Hall–Kier alpha value is -3.45. The van der Waals surface area contributed by atoms with Crippen LogP contribution >= 0.6 is 15.9 Å². The Labute approximate surface area is 206 Å². The molecule has 0 radical (unpaired) electrons. The van der Waals surface area contributed by atoms with Crippen LogP contribution < -0.4 is 15.4 Å². The quantitative estimate of drug-likeness (QED) is 0.443. The number of methoxy groups -OCH3 is 1. The van der Waals surface area contributed by atoms with Crippen molar-refractivity contribution in [3.63, 3.8) is 0 Å². The normalized spacial score (nSPS) is 14.1. The van der Waals surface area contributed by atoms with E-state index in [1.54, 1.807) is 19.2 Å². The Morgan fingerprint density at radius 3 is 2.85 bits per heavy atom. The molecule has 9 heteroatoms. The van der Waals surface area contributed by atoms with E-state index < -0.39 is 0 Å². The fourth-order valence-corrected chi connectivity index (χ4v) is 4.10. The minimum atomic E-state index is -0.249. The maximum atomic E-state index is 12.6. The Morgan fingerprint density at radius 1 is 1.29 bits per heavy atom. The number of pyridine rings is 1. The molecule has 3 aromatic rings. The van der Waals surface area contributed by atoms with Crippen molar-refractivity contribution in [2.24, 2.45) is 0 Å². The molecule has 0 unspecified atom stereocenters. The van der Waals surface area contributed by atoms with E-state index in [1.807, 2.05) is 30.3 Å². The number of anilines is 3. The average Bonchev–Trinajstić information content (AvgIpc) is 2.84. The maximum absolute atomic E-state index is 12.6. The van der Waals surface area contributed by atoms with Gasteiger partial charge < -0.3 is 20.1 Å². The van der Waals surface area contributed by atoms with Gasteiger partial charge >= 0.3 is 0 Å². The lowest BCUT2D eigenvalue weighted by molar-refractivity contribution is -0.111. The number of halogens is 1. The van der Waals surface area contributed by atoms with Gasteiger partial charge in [0.25, 0.3) is 0 Å². The Balaban J connectivity index is 1.62. The summed E-state index contributed by atoms with van der Waals surface area (Å²) in [5.41, 5.74) is 2.89. The third kappa shape index (κ3) is 5.72. The maximum Gasteiger partial charge on any atom is 0.248 e. The van der Waals surface area contributed by atoms with Crippen LogP contribution in [-0.4, -0.2) is 55.7 Å². The summed E-state index contributed by atoms with van der Waals surface area (Å²) in [6, 6.07) is 13.3. The number of amides is 1. The minimum absolute atomic E-state index is 0.249. The van der Waals surface area contributed by atoms with Gasteiger partial charge in [-0.2, -0.15) is 5.26 Å². The zero-order valence-electron chi connectivity index (χ0n) is 18.7. The molecular weight excluding hydrogens is 498 g/mol. The third-order valence-electron chi connectivity index (χ3n) is 5.37. The number of ether oxygens (including phenoxy) is 2. The molecule has 0 spiro atoms. The fourth-order valence-electron chi connectivity index (χ4n) is 3.70. The van der Waals surface area contributed by atoms with Crippen molar-refractivity contribution in [3.05, 3.63) is 64.8 Å². The Kier molecular flexibility index (Phi) is 7.75. The fraction of sp³-hybridized carbons (Fsp3) is 0.240. The number of carbonyl (C=O) groups excluding carboxylic acids is 1. The number of hydrogen-bond acceptors (Lipinski definition) is 7. The number of nitrogens with one attached hydrogen (secondary N) is 2. The zero-order valence-corrected chi connectivity index (χ0v) is 20.3. The van der Waals surface area contributed by atoms with E-state index in [9.17, 15) is 10.1 Å². The number of morpholine rings is 1. The first-order valence-electron chi connectivity index (χ1n) is 10.8. The highest BCUT2D eigenvalue weighted by molar-refractivity contribution is 9.10. The molecular formula is C25H24BrN5O3. The summed E-state index contributed by atoms with van der Waals surface area (Å²) in [5, 5.41) is 16.6. The molecule has 1 fully saturated rings. The number of fused-ring (bicyclic) bond motifs is 1. The van der Waals surface area contributed by atoms with Crippen LogP contribution in [0.1, 0.15) is 5.56 Å². The molecule has 8 nitrogen and oxygen atoms in total. The van der Waals surface area contributed by atoms with Crippen LogP contribution in [0.15, 0.2) is 59.2 Å². The van der Waals surface area contributed by atoms with Gasteiger partial charge in [-0.05, 0) is 24.3 Å². The van der Waals surface area contributed by atoms with Crippen molar-refractivity contribution in [1.82, 2.24) is 9.88 Å². The third-order valence-corrected chi connectivity index (χ3v) is 5.87. The zero-order chi connectivity index (χ0) is 23.9. The summed E-state index contributed by atoms with van der Waals surface area (Å²) in [4.78, 5) is 19.2. The van der Waals surface area contributed by atoms with Gasteiger partial charge in [-0.25, -0.2) is 0 Å². The van der Waals surface area contributed by atoms with E-state index in [2.05, 4.69) is 42.5 Å². The first-order valence-corrected chi connectivity index (χ1v) is 11.6. The van der Waals surface area contributed by atoms with E-state index in [4.69, 9.17) is 9.47 Å². The van der Waals surface area contributed by atoms with Crippen LogP contribution in [0, 0.1) is 11.3 Å². The largest absolute Gasteiger partial charge is 0.494 e. The van der Waals surface area contributed by atoms with Gasteiger partial charge in [0.05, 0.1) is 31.6 Å². The van der Waals surface area contributed by atoms with E-state index in [0.717, 1.165) is 23.2 Å². The molecule has 0 aliphatic carbocycles. The first kappa shape index (κ1) is 23.7. The SMILES string of the molecule is COc1cc(NC(=O)/C=C/CN2CCOCC2)cc2c(Nc3cccc(Br)c3)c(C#N)cnc12. The van der Waals surface area contributed by atoms with Crippen molar-refractivity contribution in [2.75, 3.05) is 50.6 Å². The number of hydrogen-bond donors (Lipinski definition) is 2. The van der Waals surface area contributed by atoms with Gasteiger partial charge in [0, 0.05) is 59.2 Å². The molecule has 0 atom stereocenters. The molecule has 1 aliphatic rings. The second kappa shape index (κ2) is 11.1. The summed E-state index contributed by atoms with van der Waals surface area (Å²) in [6.07, 6.45) is 4.88. The van der Waals surface area contributed by atoms with Gasteiger partial charge in [-0.1, -0.05) is 28.1 Å². The highest BCUT2D eigenvalue weighted by Crippen LogP contribution is 2.36. The number of aromatic nitrogens is 1. The van der Waals surface area contributed by atoms with E-state index in [-0.39, 0.29) is 5.91 Å². The summed E-state index contributed by atoms with van der Waals surface area (Å²) >= 11 is 3.47. The summed E-state index contributed by atoms with van der Waals surface area (Å²) in [5.74, 6) is 0.243. The lowest BCUT2D eigenvalue weighted by atomic mass is 10.1. The molecule has 2 N–H and O–H groups in total. The van der Waals surface area contributed by atoms with E-state index >= 15 is 0 Å². The van der Waals surface area contributed by atoms with Crippen molar-refractivity contribution < 1.29 is 14.3 Å². The van der Waals surface area contributed by atoms with Crippen LogP contribution in [0.4, 0.5) is 17.1 Å². The number of nitrogens with zero attached hydrogens (tertiary/aromatic N) is 3. The van der Waals surface area contributed by atoms with Crippen LogP contribution in [0.5, 0.6) is 5.75 Å². The van der Waals surface area contributed by atoms with Crippen molar-refractivity contribution in [3.8, 4) is 11.8 Å². The topological polar surface area (TPSA) is 99.5 Å². The lowest BCUT2D eigenvalue weighted by Gasteiger charge is -2.25. The standard InChI is InChI=1S/C25H24BrN5O3/c1-33-22-14-20(29-23(32)6-3-7-31-8-10-34-11-9-31)13-21-24(17(15-27)16-28-25(21)22)30-19-5-2-4-18(26)12-19/h2-6,12-14,16H,7-11H2,1H3,(H,28,30)(H,29,32)/b6-3+. The van der Waals surface area contributed by atoms with E-state index in [1.165, 1.54) is 12.3 Å². The molecule has 2 aromatic carbocycles. The molecule has 1 aliphatic heterocycles. The smallest absolute Gasteiger partial charge is 0.248 e. The summed E-state index contributed by atoms with van der Waals surface area (Å²) in [7, 11) is 1.55. The Bertz CT molecular complexity index is 1270. The van der Waals surface area contributed by atoms with Crippen molar-refractivity contribution >= 4 is 49.8 Å². The second-order valence-corrected chi connectivity index (χ2v) is 8.59. The molecule has 1 saturated heterocycles. The predicted molar refractivity (Wildman–Crippen MR) is 135 cm³/mol. The van der Waals surface area contributed by atoms with Crippen LogP contribution in [0.3, 0.4) is 0 Å². The molecule has 0 bridgehead atoms. The van der Waals surface area contributed by atoms with Gasteiger partial charge in [-0.3, -0.25) is 14.7 Å². The number of nitriles is 1. The highest BCUT2D eigenvalue weighted by Gasteiger charge is 2.15. The highest BCUT2D eigenvalue weighted by atomic mass is 79.9. The number of carbonyl (C=O) groups is 1. The van der Waals surface area contributed by atoms with Crippen molar-refractivity contribution in [1.29, 1.82) is 5.26 Å². The minimum Gasteiger partial charge on any atom is -0.494 e. The first-order chi connectivity index (χ1) is 16.6. The molecule has 1 aromatic heterocycles. The van der Waals surface area contributed by atoms with Crippen LogP contribution in [-0.2, 0) is 9.53 Å². The second-order valence-electron chi connectivity index (χ2n) is 7.67. The van der Waals surface area contributed by atoms with Crippen LogP contribution in [0.25, 0.3) is 10.9 Å². The van der Waals surface area contributed by atoms with Gasteiger partial charge in [0.1, 0.15) is 17.3 Å². The molecule has 34 heavy (non-hydrogen) atoms. The van der Waals surface area contributed by atoms with Gasteiger partial charge in [0.15, 0.2) is 0 Å². The monoisotopic (exact) mass is 521 g/mol. The molecule has 1 amide bonds. The summed E-state index contributed by atoms with van der Waals surface area (Å²) in [6.45, 7) is 3.83. The van der Waals surface area contributed by atoms with Crippen molar-refractivity contribution in [2.45, 2.75) is 0 Å². The number of rotatable bonds is 7.